The third-order valence-electron chi connectivity index (χ3n) is 6.89. The average Bonchev–Trinajstić information content (AvgIpc) is 3.26. The van der Waals surface area contributed by atoms with Crippen LogP contribution in [0.5, 0.6) is 0 Å². The molecule has 4 aromatic rings. The lowest BCUT2D eigenvalue weighted by Crippen LogP contribution is -2.38. The van der Waals surface area contributed by atoms with E-state index in [-0.39, 0.29) is 29.6 Å². The van der Waals surface area contributed by atoms with Crippen LogP contribution in [0.1, 0.15) is 35.6 Å². The molecule has 3 aromatic carbocycles. The van der Waals surface area contributed by atoms with Gasteiger partial charge in [-0.2, -0.15) is 0 Å². The molecule has 5 rings (SSSR count). The van der Waals surface area contributed by atoms with E-state index in [1.165, 1.54) is 24.3 Å². The lowest BCUT2D eigenvalue weighted by molar-refractivity contribution is -0.384. The van der Waals surface area contributed by atoms with Crippen LogP contribution >= 0.6 is 0 Å². The van der Waals surface area contributed by atoms with Gasteiger partial charge in [0.1, 0.15) is 5.82 Å². The van der Waals surface area contributed by atoms with E-state index in [4.69, 9.17) is 4.74 Å². The first-order chi connectivity index (χ1) is 16.8. The fourth-order valence-electron chi connectivity index (χ4n) is 5.06. The van der Waals surface area contributed by atoms with Crippen molar-refractivity contribution in [3.8, 4) is 11.1 Å². The second kappa shape index (κ2) is 9.17. The van der Waals surface area contributed by atoms with Crippen molar-refractivity contribution in [2.24, 2.45) is 0 Å². The number of benzene rings is 3. The van der Waals surface area contributed by atoms with E-state index in [9.17, 15) is 14.5 Å². The van der Waals surface area contributed by atoms with Crippen LogP contribution < -0.4 is 0 Å². The van der Waals surface area contributed by atoms with Gasteiger partial charge < -0.3 is 9.64 Å². The highest BCUT2D eigenvalue weighted by molar-refractivity contribution is 5.85. The molecule has 0 fully saturated rings. The highest BCUT2D eigenvalue weighted by atomic mass is 19.1. The molecule has 3 unspecified atom stereocenters. The summed E-state index contributed by atoms with van der Waals surface area (Å²) < 4.78 is 19.8. The summed E-state index contributed by atoms with van der Waals surface area (Å²) in [5.74, 6) is -0.103. The first kappa shape index (κ1) is 23.1. The van der Waals surface area contributed by atoms with Crippen molar-refractivity contribution in [2.75, 3.05) is 14.1 Å². The highest BCUT2D eigenvalue weighted by Crippen LogP contribution is 2.41. The molecule has 178 valence electrons. The normalized spacial score (nSPS) is 16.9. The van der Waals surface area contributed by atoms with Crippen molar-refractivity contribution in [1.82, 2.24) is 9.88 Å². The number of rotatable bonds is 6. The number of non-ortho nitro benzene ring substituents is 1. The van der Waals surface area contributed by atoms with Gasteiger partial charge >= 0.3 is 0 Å². The molecule has 0 saturated carbocycles. The lowest BCUT2D eigenvalue weighted by Gasteiger charge is -2.35. The smallest absolute Gasteiger partial charge is 0.271 e. The van der Waals surface area contributed by atoms with Gasteiger partial charge in [0.05, 0.1) is 23.2 Å². The zero-order chi connectivity index (χ0) is 24.7. The van der Waals surface area contributed by atoms with E-state index in [1.54, 1.807) is 12.3 Å². The zero-order valence-electron chi connectivity index (χ0n) is 19.8. The number of hydrogen-bond donors (Lipinski definition) is 0. The van der Waals surface area contributed by atoms with Crippen molar-refractivity contribution in [3.63, 3.8) is 0 Å². The van der Waals surface area contributed by atoms with Gasteiger partial charge in [-0.1, -0.05) is 31.2 Å². The quantitative estimate of drug-likeness (QED) is 0.245. The molecular weight excluding hydrogens is 445 g/mol. The largest absolute Gasteiger partial charge is 0.367 e. The summed E-state index contributed by atoms with van der Waals surface area (Å²) in [7, 11) is 4.09. The van der Waals surface area contributed by atoms with Crippen molar-refractivity contribution >= 4 is 16.6 Å². The predicted octanol–water partition coefficient (Wildman–Crippen LogP) is 6.25. The Morgan fingerprint density at radius 3 is 2.54 bits per heavy atom. The molecule has 0 radical (unpaired) electrons. The zero-order valence-corrected chi connectivity index (χ0v) is 19.8. The number of hydrogen-bond acceptors (Lipinski definition) is 5. The molecule has 7 heteroatoms. The van der Waals surface area contributed by atoms with Gasteiger partial charge in [0.2, 0.25) is 0 Å². The molecule has 1 aromatic heterocycles. The summed E-state index contributed by atoms with van der Waals surface area (Å²) >= 11 is 0. The van der Waals surface area contributed by atoms with Gasteiger partial charge in [0, 0.05) is 35.3 Å². The molecule has 2 heterocycles. The molecule has 1 aliphatic heterocycles. The van der Waals surface area contributed by atoms with Crippen LogP contribution in [-0.2, 0) is 11.3 Å². The minimum absolute atomic E-state index is 0.0313. The van der Waals surface area contributed by atoms with Gasteiger partial charge in [-0.05, 0) is 72.6 Å². The average molecular weight is 472 g/mol. The molecule has 1 aliphatic rings. The predicted molar refractivity (Wildman–Crippen MR) is 134 cm³/mol. The van der Waals surface area contributed by atoms with E-state index in [0.717, 1.165) is 33.2 Å². The first-order valence-electron chi connectivity index (χ1n) is 11.5. The summed E-state index contributed by atoms with van der Waals surface area (Å²) in [6.45, 7) is 2.67. The molecule has 0 aliphatic carbocycles. The standard InChI is InChI=1S/C28H26FN3O3/c1-17(18-4-8-23(29)9-5-18)27(31(2)3)28-25-11-7-19(12-22(25)16-35-28)21-13-20-6-10-24(32(33)34)14-26(20)30-15-21/h4-15,17,27-28H,16H2,1-3H3. The van der Waals surface area contributed by atoms with Gasteiger partial charge in [0.15, 0.2) is 0 Å². The lowest BCUT2D eigenvalue weighted by atomic mass is 9.85. The number of halogens is 1. The molecule has 6 nitrogen and oxygen atoms in total. The molecular formula is C28H26FN3O3. The molecule has 0 amide bonds. The Balaban J connectivity index is 1.45. The summed E-state index contributed by atoms with van der Waals surface area (Å²) in [6.07, 6.45) is 1.64. The number of pyridine rings is 1. The van der Waals surface area contributed by atoms with Crippen molar-refractivity contribution in [3.05, 3.63) is 106 Å². The fraction of sp³-hybridized carbons (Fsp3) is 0.250. The minimum atomic E-state index is -0.413. The summed E-state index contributed by atoms with van der Waals surface area (Å²) in [4.78, 5) is 17.3. The Morgan fingerprint density at radius 1 is 1.06 bits per heavy atom. The number of ether oxygens (including phenoxy) is 1. The first-order valence-corrected chi connectivity index (χ1v) is 11.5. The van der Waals surface area contributed by atoms with Crippen molar-refractivity contribution < 1.29 is 14.1 Å². The highest BCUT2D eigenvalue weighted by Gasteiger charge is 2.36. The Hall–Kier alpha value is -3.68. The van der Waals surface area contributed by atoms with Crippen LogP contribution in [0.15, 0.2) is 72.9 Å². The maximum Gasteiger partial charge on any atom is 0.271 e. The van der Waals surface area contributed by atoms with Gasteiger partial charge in [0.25, 0.3) is 5.69 Å². The minimum Gasteiger partial charge on any atom is -0.367 e. The Morgan fingerprint density at radius 2 is 1.83 bits per heavy atom. The van der Waals surface area contributed by atoms with E-state index in [1.807, 2.05) is 32.3 Å². The van der Waals surface area contributed by atoms with Crippen LogP contribution in [0.2, 0.25) is 0 Å². The maximum atomic E-state index is 13.5. The fourth-order valence-corrected chi connectivity index (χ4v) is 5.06. The molecule has 35 heavy (non-hydrogen) atoms. The third-order valence-corrected chi connectivity index (χ3v) is 6.89. The topological polar surface area (TPSA) is 68.5 Å². The Bertz CT molecular complexity index is 1400. The number of nitrogens with zero attached hydrogens (tertiary/aromatic N) is 3. The van der Waals surface area contributed by atoms with Crippen LogP contribution in [0.25, 0.3) is 22.0 Å². The van der Waals surface area contributed by atoms with Gasteiger partial charge in [-0.3, -0.25) is 15.1 Å². The SMILES string of the molecule is CC(c1ccc(F)cc1)C(C1OCc2cc(-c3cnc4cc([N+](=O)[O-])ccc4c3)ccc21)N(C)C. The molecule has 0 N–H and O–H groups in total. The second-order valence-corrected chi connectivity index (χ2v) is 9.30. The van der Waals surface area contributed by atoms with E-state index in [2.05, 4.69) is 35.0 Å². The monoisotopic (exact) mass is 471 g/mol. The number of aromatic nitrogens is 1. The molecule has 0 bridgehead atoms. The van der Waals surface area contributed by atoms with E-state index in [0.29, 0.717) is 12.1 Å². The van der Waals surface area contributed by atoms with E-state index < -0.39 is 4.92 Å². The third kappa shape index (κ3) is 4.40. The van der Waals surface area contributed by atoms with Crippen molar-refractivity contribution in [1.29, 1.82) is 0 Å². The maximum absolute atomic E-state index is 13.5. The molecule has 0 saturated heterocycles. The number of nitro benzene ring substituents is 1. The number of fused-ring (bicyclic) bond motifs is 2. The molecule has 3 atom stereocenters. The Kier molecular flexibility index (Phi) is 6.05. The van der Waals surface area contributed by atoms with Crippen LogP contribution in [0.4, 0.5) is 10.1 Å². The summed E-state index contributed by atoms with van der Waals surface area (Å²) in [5, 5.41) is 11.9. The number of nitro groups is 1. The van der Waals surface area contributed by atoms with Gasteiger partial charge in [-0.25, -0.2) is 4.39 Å². The summed E-state index contributed by atoms with van der Waals surface area (Å²) in [5.41, 5.74) is 5.96. The van der Waals surface area contributed by atoms with Gasteiger partial charge in [-0.15, -0.1) is 0 Å². The van der Waals surface area contributed by atoms with Crippen molar-refractivity contribution in [2.45, 2.75) is 31.6 Å². The van der Waals surface area contributed by atoms with Crippen LogP contribution in [0, 0.1) is 15.9 Å². The van der Waals surface area contributed by atoms with E-state index >= 15 is 0 Å². The Labute approximate surface area is 203 Å². The van der Waals surface area contributed by atoms with Crippen LogP contribution in [-0.4, -0.2) is 34.9 Å². The summed E-state index contributed by atoms with van der Waals surface area (Å²) in [6, 6.07) is 19.8. The van der Waals surface area contributed by atoms with Crippen LogP contribution in [0.3, 0.4) is 0 Å². The number of likely N-dealkylation sites (N-methyl/N-ethyl adjacent to an activating group) is 1. The second-order valence-electron chi connectivity index (χ2n) is 9.30. The molecule has 0 spiro atoms.